The number of carbonyl (C=O) groups is 4. The molecule has 6 aliphatic carbocycles. The topological polar surface area (TPSA) is 109 Å². The van der Waals surface area contributed by atoms with Gasteiger partial charge in [0.25, 0.3) is 0 Å². The number of rotatable bonds is 0. The standard InChI is InChI=1S/2C14H15BrO2.C14H13BrO2.CH4/c3*15-10-2-1-9-8-14(13(17)12(9)7-10)5-3-11(16)4-6-14;/h2*1-2,7,11,16H,3-6,8H2;1-2,7H,3-6,8H2;1H4. The summed E-state index contributed by atoms with van der Waals surface area (Å²) in [6.45, 7) is 0. The third kappa shape index (κ3) is 7.51. The van der Waals surface area contributed by atoms with Crippen LogP contribution in [0.3, 0.4) is 0 Å². The van der Waals surface area contributed by atoms with Crippen molar-refractivity contribution in [1.29, 1.82) is 0 Å². The molecule has 9 heteroatoms. The van der Waals surface area contributed by atoms with Gasteiger partial charge in [-0.2, -0.15) is 0 Å². The Hall–Kier alpha value is -2.30. The molecule has 0 saturated heterocycles. The molecular weight excluding hydrogens is 852 g/mol. The summed E-state index contributed by atoms with van der Waals surface area (Å²) in [6, 6.07) is 17.9. The highest BCUT2D eigenvalue weighted by Gasteiger charge is 2.49. The van der Waals surface area contributed by atoms with Crippen molar-refractivity contribution in [3.8, 4) is 0 Å². The van der Waals surface area contributed by atoms with Gasteiger partial charge in [0.05, 0.1) is 12.2 Å². The number of fused-ring (bicyclic) bond motifs is 3. The third-order valence-corrected chi connectivity index (χ3v) is 14.1. The Morgan fingerprint density at radius 2 is 0.769 bits per heavy atom. The Morgan fingerprint density at radius 3 is 1.08 bits per heavy atom. The van der Waals surface area contributed by atoms with Gasteiger partial charge in [-0.1, -0.05) is 73.4 Å². The maximum absolute atomic E-state index is 12.5. The van der Waals surface area contributed by atoms with Crippen molar-refractivity contribution in [3.05, 3.63) is 101 Å². The fourth-order valence-electron chi connectivity index (χ4n) is 9.46. The summed E-state index contributed by atoms with van der Waals surface area (Å²) < 4.78 is 2.89. The molecule has 3 aromatic rings. The highest BCUT2D eigenvalue weighted by atomic mass is 79.9. The lowest BCUT2D eigenvalue weighted by Crippen LogP contribution is -2.34. The first kappa shape index (κ1) is 39.4. The van der Waals surface area contributed by atoms with Crippen molar-refractivity contribution in [2.45, 2.75) is 116 Å². The van der Waals surface area contributed by atoms with Gasteiger partial charge in [-0.05, 0) is 137 Å². The van der Waals surface area contributed by atoms with Crippen molar-refractivity contribution >= 4 is 70.9 Å². The van der Waals surface area contributed by atoms with Crippen LogP contribution in [0, 0.1) is 16.2 Å². The van der Waals surface area contributed by atoms with Crippen LogP contribution in [0.4, 0.5) is 0 Å². The maximum atomic E-state index is 12.5. The van der Waals surface area contributed by atoms with Gasteiger partial charge in [0, 0.05) is 59.2 Å². The number of ketones is 4. The number of hydrogen-bond acceptors (Lipinski definition) is 6. The first-order chi connectivity index (χ1) is 24.3. The fraction of sp³-hybridized carbons (Fsp3) is 0.488. The average molecular weight is 900 g/mol. The van der Waals surface area contributed by atoms with Crippen LogP contribution < -0.4 is 0 Å². The van der Waals surface area contributed by atoms with Crippen LogP contribution in [0.1, 0.15) is 132 Å². The van der Waals surface area contributed by atoms with Crippen molar-refractivity contribution in [3.63, 3.8) is 0 Å². The third-order valence-electron chi connectivity index (χ3n) is 12.6. The number of benzene rings is 3. The molecule has 3 aromatic carbocycles. The molecule has 0 bridgehead atoms. The van der Waals surface area contributed by atoms with Crippen molar-refractivity contribution in [2.24, 2.45) is 16.2 Å². The number of aliphatic hydroxyl groups is 2. The van der Waals surface area contributed by atoms with E-state index in [2.05, 4.69) is 59.9 Å². The van der Waals surface area contributed by atoms with Gasteiger partial charge in [-0.25, -0.2) is 0 Å². The molecule has 3 saturated carbocycles. The van der Waals surface area contributed by atoms with E-state index in [1.807, 2.05) is 42.5 Å². The predicted octanol–water partition coefficient (Wildman–Crippen LogP) is 10.2. The first-order valence-corrected chi connectivity index (χ1v) is 20.6. The van der Waals surface area contributed by atoms with Crippen molar-refractivity contribution in [1.82, 2.24) is 0 Å². The Morgan fingerprint density at radius 1 is 0.481 bits per heavy atom. The van der Waals surface area contributed by atoms with E-state index in [1.165, 1.54) is 11.1 Å². The molecule has 52 heavy (non-hydrogen) atoms. The molecular formula is C43H47Br3O6. The summed E-state index contributed by atoms with van der Waals surface area (Å²) in [4.78, 5) is 48.9. The molecule has 0 unspecified atom stereocenters. The van der Waals surface area contributed by atoms with Gasteiger partial charge >= 0.3 is 0 Å². The molecule has 0 amide bonds. The molecule has 2 N–H and O–H groups in total. The van der Waals surface area contributed by atoms with E-state index in [0.717, 1.165) is 119 Å². The van der Waals surface area contributed by atoms with Crippen LogP contribution in [0.15, 0.2) is 68.0 Å². The summed E-state index contributed by atoms with van der Waals surface area (Å²) in [5, 5.41) is 19.2. The highest BCUT2D eigenvalue weighted by molar-refractivity contribution is 9.11. The Labute approximate surface area is 331 Å². The maximum Gasteiger partial charge on any atom is 0.169 e. The summed E-state index contributed by atoms with van der Waals surface area (Å²) in [5.74, 6) is 1.14. The number of halogens is 3. The normalized spacial score (nSPS) is 28.0. The molecule has 0 atom stereocenters. The van der Waals surface area contributed by atoms with E-state index in [9.17, 15) is 29.4 Å². The zero-order valence-electron chi connectivity index (χ0n) is 28.6. The number of carbonyl (C=O) groups excluding carboxylic acids is 4. The lowest BCUT2D eigenvalue weighted by atomic mass is 9.70. The Balaban J connectivity index is 0.000000133. The Kier molecular flexibility index (Phi) is 11.7. The quantitative estimate of drug-likeness (QED) is 0.233. The van der Waals surface area contributed by atoms with E-state index in [0.29, 0.717) is 30.2 Å². The van der Waals surface area contributed by atoms with E-state index in [4.69, 9.17) is 0 Å². The van der Waals surface area contributed by atoms with E-state index in [1.54, 1.807) is 0 Å². The second-order valence-electron chi connectivity index (χ2n) is 15.8. The molecule has 0 aliphatic heterocycles. The molecule has 0 heterocycles. The predicted molar refractivity (Wildman–Crippen MR) is 213 cm³/mol. The van der Waals surface area contributed by atoms with Gasteiger partial charge in [0.15, 0.2) is 17.3 Å². The second-order valence-corrected chi connectivity index (χ2v) is 18.5. The van der Waals surface area contributed by atoms with Crippen LogP contribution in [0.5, 0.6) is 0 Å². The first-order valence-electron chi connectivity index (χ1n) is 18.2. The summed E-state index contributed by atoms with van der Waals surface area (Å²) in [7, 11) is 0. The fourth-order valence-corrected chi connectivity index (χ4v) is 10.5. The van der Waals surface area contributed by atoms with Crippen LogP contribution in [-0.2, 0) is 24.1 Å². The Bertz CT molecular complexity index is 1800. The van der Waals surface area contributed by atoms with Gasteiger partial charge < -0.3 is 10.2 Å². The zero-order chi connectivity index (χ0) is 36.1. The molecule has 3 fully saturated rings. The molecule has 0 aromatic heterocycles. The largest absolute Gasteiger partial charge is 0.393 e. The summed E-state index contributed by atoms with van der Waals surface area (Å²) >= 11 is 10.3. The smallest absolute Gasteiger partial charge is 0.169 e. The van der Waals surface area contributed by atoms with Crippen LogP contribution in [0.2, 0.25) is 0 Å². The van der Waals surface area contributed by atoms with E-state index < -0.39 is 0 Å². The van der Waals surface area contributed by atoms with Gasteiger partial charge in [-0.15, -0.1) is 0 Å². The van der Waals surface area contributed by atoms with Crippen molar-refractivity contribution in [2.75, 3.05) is 0 Å². The lowest BCUT2D eigenvalue weighted by molar-refractivity contribution is -0.121. The van der Waals surface area contributed by atoms with Crippen LogP contribution in [0.25, 0.3) is 0 Å². The molecule has 3 spiro atoms. The summed E-state index contributed by atoms with van der Waals surface area (Å²) in [5.41, 5.74) is 5.44. The van der Waals surface area contributed by atoms with Crippen LogP contribution >= 0.6 is 47.8 Å². The SMILES string of the molecule is C.O=C1CCC2(CC1)Cc1ccc(Br)cc1C2=O.O=C1c2cc(Br)ccc2CC12CCC(O)CC2.O=C1c2cc(Br)ccc2CC12CCC(O)CC2. The lowest BCUT2D eigenvalue weighted by Gasteiger charge is -2.33. The number of hydrogen-bond donors (Lipinski definition) is 2. The van der Waals surface area contributed by atoms with E-state index >= 15 is 0 Å². The van der Waals surface area contributed by atoms with Crippen molar-refractivity contribution < 1.29 is 29.4 Å². The second kappa shape index (κ2) is 15.4. The number of aliphatic hydroxyl groups excluding tert-OH is 2. The zero-order valence-corrected chi connectivity index (χ0v) is 33.4. The average Bonchev–Trinajstić information content (AvgIpc) is 3.66. The molecule has 9 rings (SSSR count). The molecule has 0 radical (unpaired) electrons. The minimum atomic E-state index is -0.267. The minimum absolute atomic E-state index is 0. The molecule has 6 nitrogen and oxygen atoms in total. The number of Topliss-reactive ketones (excluding diaryl/α,β-unsaturated/α-hetero) is 4. The van der Waals surface area contributed by atoms with Gasteiger partial charge in [-0.3, -0.25) is 19.2 Å². The van der Waals surface area contributed by atoms with Gasteiger partial charge in [0.2, 0.25) is 0 Å². The monoisotopic (exact) mass is 896 g/mol. The van der Waals surface area contributed by atoms with E-state index in [-0.39, 0.29) is 41.7 Å². The minimum Gasteiger partial charge on any atom is -0.393 e. The summed E-state index contributed by atoms with van der Waals surface area (Å²) in [6.07, 6.45) is 11.1. The van der Waals surface area contributed by atoms with Gasteiger partial charge in [0.1, 0.15) is 5.78 Å². The van der Waals surface area contributed by atoms with Crippen LogP contribution in [-0.4, -0.2) is 45.6 Å². The highest BCUT2D eigenvalue weighted by Crippen LogP contribution is 2.50. The molecule has 6 aliphatic rings. The molecule has 276 valence electrons.